The van der Waals surface area contributed by atoms with E-state index in [9.17, 15) is 4.79 Å². The number of aromatic nitrogens is 2. The van der Waals surface area contributed by atoms with Gasteiger partial charge in [0.05, 0.1) is 0 Å². The van der Waals surface area contributed by atoms with E-state index in [0.29, 0.717) is 5.82 Å². The molecule has 0 spiro atoms. The van der Waals surface area contributed by atoms with Crippen molar-refractivity contribution in [3.63, 3.8) is 0 Å². The van der Waals surface area contributed by atoms with Crippen LogP contribution in [-0.2, 0) is 4.79 Å². The van der Waals surface area contributed by atoms with Crippen LogP contribution in [0.25, 0.3) is 0 Å². The van der Waals surface area contributed by atoms with Crippen LogP contribution in [-0.4, -0.2) is 42.6 Å². The molecule has 18 heavy (non-hydrogen) atoms. The van der Waals surface area contributed by atoms with Crippen LogP contribution < -0.4 is 15.5 Å². The third kappa shape index (κ3) is 2.88. The Bertz CT molecular complexity index is 421. The number of hydrogen-bond donors (Lipinski definition) is 2. The first-order chi connectivity index (χ1) is 8.68. The number of amides is 1. The fourth-order valence-electron chi connectivity index (χ4n) is 2.00. The molecule has 1 amide bonds. The number of rotatable bonds is 3. The van der Waals surface area contributed by atoms with E-state index in [1.54, 1.807) is 12.4 Å². The van der Waals surface area contributed by atoms with Crippen molar-refractivity contribution in [1.82, 2.24) is 15.3 Å². The minimum Gasteiger partial charge on any atom is -0.360 e. The molecule has 0 radical (unpaired) electrons. The van der Waals surface area contributed by atoms with Gasteiger partial charge in [-0.1, -0.05) is 0 Å². The van der Waals surface area contributed by atoms with Crippen molar-refractivity contribution in [3.05, 3.63) is 12.4 Å². The number of nitrogens with one attached hydrogen (secondary N) is 2. The Labute approximate surface area is 107 Å². The quantitative estimate of drug-likeness (QED) is 0.822. The lowest BCUT2D eigenvalue weighted by Gasteiger charge is -2.20. The predicted molar refractivity (Wildman–Crippen MR) is 70.6 cm³/mol. The minimum atomic E-state index is -0.220. The Kier molecular flexibility index (Phi) is 3.96. The molecule has 6 heteroatoms. The van der Waals surface area contributed by atoms with Crippen molar-refractivity contribution in [2.45, 2.75) is 25.3 Å². The van der Waals surface area contributed by atoms with Gasteiger partial charge in [-0.25, -0.2) is 9.97 Å². The zero-order valence-electron chi connectivity index (χ0n) is 10.8. The summed E-state index contributed by atoms with van der Waals surface area (Å²) >= 11 is 0. The smallest absolute Gasteiger partial charge is 0.242 e. The third-order valence-corrected chi connectivity index (χ3v) is 2.95. The summed E-state index contributed by atoms with van der Waals surface area (Å²) in [5.74, 6) is 1.45. The van der Waals surface area contributed by atoms with Gasteiger partial charge in [0.2, 0.25) is 5.91 Å². The molecule has 1 saturated heterocycles. The number of anilines is 2. The van der Waals surface area contributed by atoms with Gasteiger partial charge in [-0.3, -0.25) is 4.79 Å². The fourth-order valence-corrected chi connectivity index (χ4v) is 2.00. The lowest BCUT2D eigenvalue weighted by molar-refractivity contribution is -0.121. The van der Waals surface area contributed by atoms with Crippen LogP contribution in [0.5, 0.6) is 0 Å². The van der Waals surface area contributed by atoms with Crippen molar-refractivity contribution < 1.29 is 4.79 Å². The van der Waals surface area contributed by atoms with Crippen LogP contribution in [0.3, 0.4) is 0 Å². The molecule has 2 N–H and O–H groups in total. The van der Waals surface area contributed by atoms with Gasteiger partial charge in [-0.05, 0) is 19.3 Å². The van der Waals surface area contributed by atoms with Gasteiger partial charge in [-0.2, -0.15) is 0 Å². The minimum absolute atomic E-state index is 0.0443. The molecule has 0 aliphatic carbocycles. The molecule has 6 nitrogen and oxygen atoms in total. The summed E-state index contributed by atoms with van der Waals surface area (Å²) in [5.41, 5.74) is 0. The normalized spacial score (nSPS) is 19.9. The van der Waals surface area contributed by atoms with E-state index in [-0.39, 0.29) is 11.9 Å². The Hall–Kier alpha value is -1.85. The summed E-state index contributed by atoms with van der Waals surface area (Å²) in [6.07, 6.45) is 6.17. The maximum Gasteiger partial charge on any atom is 0.242 e. The highest BCUT2D eigenvalue weighted by Gasteiger charge is 2.22. The van der Waals surface area contributed by atoms with Crippen molar-refractivity contribution in [3.8, 4) is 0 Å². The van der Waals surface area contributed by atoms with Crippen molar-refractivity contribution in [1.29, 1.82) is 0 Å². The molecular formula is C12H19N5O. The summed E-state index contributed by atoms with van der Waals surface area (Å²) in [6.45, 7) is 0.762. The Morgan fingerprint density at radius 1 is 1.33 bits per heavy atom. The van der Waals surface area contributed by atoms with E-state index in [1.807, 2.05) is 19.0 Å². The average molecular weight is 249 g/mol. The first-order valence-electron chi connectivity index (χ1n) is 6.21. The van der Waals surface area contributed by atoms with E-state index in [4.69, 9.17) is 0 Å². The Morgan fingerprint density at radius 3 is 2.89 bits per heavy atom. The maximum atomic E-state index is 11.9. The molecule has 1 aromatic rings. The zero-order valence-corrected chi connectivity index (χ0v) is 10.8. The number of carbonyl (C=O) groups excluding carboxylic acids is 1. The molecule has 1 aromatic heterocycles. The van der Waals surface area contributed by atoms with Gasteiger partial charge in [0.15, 0.2) is 11.6 Å². The second-order valence-corrected chi connectivity index (χ2v) is 4.61. The molecule has 1 atom stereocenters. The Morgan fingerprint density at radius 2 is 2.11 bits per heavy atom. The second kappa shape index (κ2) is 5.66. The standard InChI is InChI=1S/C12H19N5O/c1-17(2)11-10(13-7-8-14-11)16-9-5-3-4-6-15-12(9)18/h7-9H,3-6H2,1-2H3,(H,13,16)(H,15,18). The highest BCUT2D eigenvalue weighted by Crippen LogP contribution is 2.20. The highest BCUT2D eigenvalue weighted by molar-refractivity contribution is 5.85. The lowest BCUT2D eigenvalue weighted by atomic mass is 10.1. The molecule has 1 aliphatic rings. The average Bonchev–Trinajstić information content (AvgIpc) is 2.55. The van der Waals surface area contributed by atoms with E-state index >= 15 is 0 Å². The molecule has 0 saturated carbocycles. The number of carbonyl (C=O) groups is 1. The molecule has 1 aliphatic heterocycles. The van der Waals surface area contributed by atoms with Gasteiger partial charge in [0.25, 0.3) is 0 Å². The van der Waals surface area contributed by atoms with Crippen LogP contribution in [0.2, 0.25) is 0 Å². The van der Waals surface area contributed by atoms with E-state index < -0.39 is 0 Å². The summed E-state index contributed by atoms with van der Waals surface area (Å²) < 4.78 is 0. The van der Waals surface area contributed by atoms with Crippen molar-refractivity contribution in [2.24, 2.45) is 0 Å². The van der Waals surface area contributed by atoms with E-state index in [1.165, 1.54) is 0 Å². The summed E-state index contributed by atoms with van der Waals surface area (Å²) in [4.78, 5) is 22.3. The highest BCUT2D eigenvalue weighted by atomic mass is 16.2. The summed E-state index contributed by atoms with van der Waals surface area (Å²) in [6, 6.07) is -0.220. The first kappa shape index (κ1) is 12.6. The second-order valence-electron chi connectivity index (χ2n) is 4.61. The number of nitrogens with zero attached hydrogens (tertiary/aromatic N) is 3. The van der Waals surface area contributed by atoms with Crippen molar-refractivity contribution in [2.75, 3.05) is 30.9 Å². The largest absolute Gasteiger partial charge is 0.360 e. The molecule has 2 rings (SSSR count). The van der Waals surface area contributed by atoms with E-state index in [0.717, 1.165) is 31.6 Å². The topological polar surface area (TPSA) is 70.2 Å². The van der Waals surface area contributed by atoms with Crippen LogP contribution >= 0.6 is 0 Å². The fraction of sp³-hybridized carbons (Fsp3) is 0.583. The van der Waals surface area contributed by atoms with Gasteiger partial charge in [0, 0.05) is 33.0 Å². The molecular weight excluding hydrogens is 230 g/mol. The first-order valence-corrected chi connectivity index (χ1v) is 6.21. The van der Waals surface area contributed by atoms with Crippen LogP contribution in [0.1, 0.15) is 19.3 Å². The zero-order chi connectivity index (χ0) is 13.0. The SMILES string of the molecule is CN(C)c1nccnc1NC1CCCCNC1=O. The summed E-state index contributed by atoms with van der Waals surface area (Å²) in [7, 11) is 3.81. The van der Waals surface area contributed by atoms with E-state index in [2.05, 4.69) is 20.6 Å². The van der Waals surface area contributed by atoms with Crippen LogP contribution in [0.4, 0.5) is 11.6 Å². The van der Waals surface area contributed by atoms with Crippen LogP contribution in [0.15, 0.2) is 12.4 Å². The molecule has 0 bridgehead atoms. The predicted octanol–water partition coefficient (Wildman–Crippen LogP) is 0.623. The van der Waals surface area contributed by atoms with Gasteiger partial charge in [-0.15, -0.1) is 0 Å². The molecule has 0 aromatic carbocycles. The maximum absolute atomic E-state index is 11.9. The van der Waals surface area contributed by atoms with Gasteiger partial charge >= 0.3 is 0 Å². The van der Waals surface area contributed by atoms with Gasteiger partial charge < -0.3 is 15.5 Å². The molecule has 1 fully saturated rings. The lowest BCUT2D eigenvalue weighted by Crippen LogP contribution is -2.38. The number of hydrogen-bond acceptors (Lipinski definition) is 5. The third-order valence-electron chi connectivity index (χ3n) is 2.95. The Balaban J connectivity index is 2.15. The molecule has 98 valence electrons. The summed E-state index contributed by atoms with van der Waals surface area (Å²) in [5, 5.41) is 6.09. The monoisotopic (exact) mass is 249 g/mol. The van der Waals surface area contributed by atoms with Crippen molar-refractivity contribution >= 4 is 17.5 Å². The van der Waals surface area contributed by atoms with Crippen LogP contribution in [0, 0.1) is 0 Å². The molecule has 1 unspecified atom stereocenters. The molecule has 2 heterocycles. The van der Waals surface area contributed by atoms with Gasteiger partial charge in [0.1, 0.15) is 6.04 Å².